The summed E-state index contributed by atoms with van der Waals surface area (Å²) in [4.78, 5) is 11.2. The van der Waals surface area contributed by atoms with Gasteiger partial charge in [-0.25, -0.2) is 0 Å². The molecule has 116 valence electrons. The maximum Gasteiger partial charge on any atom is 0.250 e. The van der Waals surface area contributed by atoms with E-state index in [1.54, 1.807) is 6.07 Å². The Morgan fingerprint density at radius 3 is 2.62 bits per heavy atom. The second-order valence-electron chi connectivity index (χ2n) is 6.45. The fraction of sp³-hybridized carbons (Fsp3) is 0.562. The number of aliphatic hydroxyl groups is 1. The molecule has 0 atom stereocenters. The number of carbonyl (C=O) groups is 1. The average molecular weight is 292 g/mol. The molecule has 0 radical (unpaired) electrons. The van der Waals surface area contributed by atoms with Crippen molar-refractivity contribution in [1.29, 1.82) is 0 Å². The summed E-state index contributed by atoms with van der Waals surface area (Å²) in [5.74, 6) is -0.408. The van der Waals surface area contributed by atoms with Gasteiger partial charge in [-0.15, -0.1) is 0 Å². The molecule has 3 N–H and O–H groups in total. The van der Waals surface area contributed by atoms with Gasteiger partial charge in [0, 0.05) is 17.4 Å². The highest BCUT2D eigenvalue weighted by Crippen LogP contribution is 2.30. The lowest BCUT2D eigenvalue weighted by atomic mass is 9.88. The van der Waals surface area contributed by atoms with Crippen LogP contribution >= 0.6 is 0 Å². The van der Waals surface area contributed by atoms with Crippen molar-refractivity contribution in [2.75, 3.05) is 17.2 Å². The van der Waals surface area contributed by atoms with Crippen LogP contribution in [-0.2, 0) is 9.53 Å². The predicted molar refractivity (Wildman–Crippen MR) is 83.4 cm³/mol. The molecule has 1 amide bonds. The topological polar surface area (TPSA) is 70.6 Å². The molecule has 2 rings (SSSR count). The Morgan fingerprint density at radius 1 is 1.33 bits per heavy atom. The Hall–Kier alpha value is -1.59. The molecule has 1 aliphatic carbocycles. The number of benzene rings is 1. The van der Waals surface area contributed by atoms with Crippen LogP contribution in [0, 0.1) is 0 Å². The Kier molecular flexibility index (Phi) is 4.85. The first-order valence-corrected chi connectivity index (χ1v) is 7.31. The molecule has 0 unspecified atom stereocenters. The number of ether oxygens (including phenoxy) is 1. The zero-order chi connectivity index (χ0) is 15.5. The molecular formula is C16H24N2O3. The highest BCUT2D eigenvalue weighted by atomic mass is 16.5. The fourth-order valence-corrected chi connectivity index (χ4v) is 2.40. The molecule has 1 aromatic carbocycles. The second kappa shape index (κ2) is 6.45. The minimum absolute atomic E-state index is 0.0931. The number of rotatable bonds is 5. The summed E-state index contributed by atoms with van der Waals surface area (Å²) in [6.45, 7) is 5.70. The van der Waals surface area contributed by atoms with E-state index in [2.05, 4.69) is 31.4 Å². The van der Waals surface area contributed by atoms with E-state index in [0.29, 0.717) is 17.8 Å². The molecule has 1 fully saturated rings. The molecule has 0 heterocycles. The van der Waals surface area contributed by atoms with Crippen molar-refractivity contribution in [3.63, 3.8) is 0 Å². The first-order valence-electron chi connectivity index (χ1n) is 7.31. The molecule has 21 heavy (non-hydrogen) atoms. The number of nitrogens with one attached hydrogen (secondary N) is 2. The Labute approximate surface area is 125 Å². The van der Waals surface area contributed by atoms with Gasteiger partial charge in [-0.2, -0.15) is 0 Å². The number of hydrogen-bond donors (Lipinski definition) is 3. The fourth-order valence-electron chi connectivity index (χ4n) is 2.40. The monoisotopic (exact) mass is 292 g/mol. The van der Waals surface area contributed by atoms with E-state index in [0.717, 1.165) is 18.5 Å². The van der Waals surface area contributed by atoms with Crippen molar-refractivity contribution in [2.24, 2.45) is 0 Å². The van der Waals surface area contributed by atoms with Gasteiger partial charge in [0.05, 0.1) is 11.7 Å². The number of anilines is 2. The summed E-state index contributed by atoms with van der Waals surface area (Å²) in [5.41, 5.74) is 1.55. The van der Waals surface area contributed by atoms with Crippen LogP contribution in [0.1, 0.15) is 33.6 Å². The molecule has 0 bridgehead atoms. The zero-order valence-electron chi connectivity index (χ0n) is 12.8. The van der Waals surface area contributed by atoms with Crippen LogP contribution in [0.2, 0.25) is 0 Å². The SMILES string of the molecule is CC(C)(C)OC1CC(Nc2cccc(NC(=O)CO)c2)C1. The van der Waals surface area contributed by atoms with Crippen molar-refractivity contribution in [2.45, 2.75) is 51.4 Å². The Balaban J connectivity index is 1.82. The minimum Gasteiger partial charge on any atom is -0.387 e. The summed E-state index contributed by atoms with van der Waals surface area (Å²) in [6, 6.07) is 7.90. The van der Waals surface area contributed by atoms with Crippen molar-refractivity contribution in [3.05, 3.63) is 24.3 Å². The van der Waals surface area contributed by atoms with Gasteiger partial charge in [-0.3, -0.25) is 4.79 Å². The largest absolute Gasteiger partial charge is 0.387 e. The van der Waals surface area contributed by atoms with Crippen LogP contribution in [0.3, 0.4) is 0 Å². The first-order chi connectivity index (χ1) is 9.85. The third-order valence-corrected chi connectivity index (χ3v) is 3.28. The molecule has 0 aromatic heterocycles. The number of hydrogen-bond acceptors (Lipinski definition) is 4. The van der Waals surface area contributed by atoms with Crippen LogP contribution in [-0.4, -0.2) is 35.4 Å². The molecule has 5 heteroatoms. The maximum absolute atomic E-state index is 11.2. The summed E-state index contributed by atoms with van der Waals surface area (Å²) in [7, 11) is 0. The third kappa shape index (κ3) is 5.02. The van der Waals surface area contributed by atoms with Crippen molar-refractivity contribution >= 4 is 17.3 Å². The summed E-state index contributed by atoms with van der Waals surface area (Å²) >= 11 is 0. The Bertz CT molecular complexity index is 491. The van der Waals surface area contributed by atoms with E-state index in [-0.39, 0.29) is 5.60 Å². The standard InChI is InChI=1S/C16H24N2O3/c1-16(2,3)21-14-8-13(9-14)17-11-5-4-6-12(7-11)18-15(20)10-19/h4-7,13-14,17,19H,8-10H2,1-3H3,(H,18,20). The van der Waals surface area contributed by atoms with Crippen molar-refractivity contribution in [3.8, 4) is 0 Å². The normalized spacial score (nSPS) is 21.5. The highest BCUT2D eigenvalue weighted by Gasteiger charge is 2.32. The van der Waals surface area contributed by atoms with E-state index < -0.39 is 12.5 Å². The number of carbonyl (C=O) groups excluding carboxylic acids is 1. The van der Waals surface area contributed by atoms with E-state index in [9.17, 15) is 4.79 Å². The van der Waals surface area contributed by atoms with Crippen molar-refractivity contribution in [1.82, 2.24) is 0 Å². The lowest BCUT2D eigenvalue weighted by molar-refractivity contribution is -0.118. The van der Waals surface area contributed by atoms with Crippen LogP contribution < -0.4 is 10.6 Å². The first kappa shape index (κ1) is 15.8. The molecule has 0 saturated heterocycles. The molecule has 1 aliphatic rings. The predicted octanol–water partition coefficient (Wildman–Crippen LogP) is 2.38. The molecule has 0 spiro atoms. The van der Waals surface area contributed by atoms with E-state index in [1.807, 2.05) is 18.2 Å². The zero-order valence-corrected chi connectivity index (χ0v) is 12.8. The molecule has 0 aliphatic heterocycles. The number of aliphatic hydroxyl groups excluding tert-OH is 1. The quantitative estimate of drug-likeness (QED) is 0.779. The maximum atomic E-state index is 11.2. The van der Waals surface area contributed by atoms with Gasteiger partial charge in [-0.1, -0.05) is 6.07 Å². The van der Waals surface area contributed by atoms with E-state index in [4.69, 9.17) is 9.84 Å². The second-order valence-corrected chi connectivity index (χ2v) is 6.45. The smallest absolute Gasteiger partial charge is 0.250 e. The molecule has 1 saturated carbocycles. The van der Waals surface area contributed by atoms with Gasteiger partial charge in [0.25, 0.3) is 0 Å². The minimum atomic E-state index is -0.508. The van der Waals surface area contributed by atoms with Gasteiger partial charge in [0.1, 0.15) is 6.61 Å². The van der Waals surface area contributed by atoms with Crippen LogP contribution in [0.5, 0.6) is 0 Å². The summed E-state index contributed by atoms with van der Waals surface area (Å²) < 4.78 is 5.91. The summed E-state index contributed by atoms with van der Waals surface area (Å²) in [5, 5.41) is 14.8. The van der Waals surface area contributed by atoms with Crippen LogP contribution in [0.4, 0.5) is 11.4 Å². The molecule has 1 aromatic rings. The van der Waals surface area contributed by atoms with Gasteiger partial charge >= 0.3 is 0 Å². The van der Waals surface area contributed by atoms with Crippen LogP contribution in [0.15, 0.2) is 24.3 Å². The highest BCUT2D eigenvalue weighted by molar-refractivity contribution is 5.91. The van der Waals surface area contributed by atoms with Gasteiger partial charge < -0.3 is 20.5 Å². The lowest BCUT2D eigenvalue weighted by Crippen LogP contribution is -2.44. The van der Waals surface area contributed by atoms with Gasteiger partial charge in [0.15, 0.2) is 0 Å². The number of amides is 1. The average Bonchev–Trinajstić information content (AvgIpc) is 2.35. The van der Waals surface area contributed by atoms with E-state index in [1.165, 1.54) is 0 Å². The van der Waals surface area contributed by atoms with Gasteiger partial charge in [-0.05, 0) is 51.8 Å². The Morgan fingerprint density at radius 2 is 2.00 bits per heavy atom. The lowest BCUT2D eigenvalue weighted by Gasteiger charge is -2.40. The van der Waals surface area contributed by atoms with Crippen LogP contribution in [0.25, 0.3) is 0 Å². The molecular weight excluding hydrogens is 268 g/mol. The molecule has 5 nitrogen and oxygen atoms in total. The van der Waals surface area contributed by atoms with E-state index >= 15 is 0 Å². The van der Waals surface area contributed by atoms with Crippen molar-refractivity contribution < 1.29 is 14.6 Å². The third-order valence-electron chi connectivity index (χ3n) is 3.28. The van der Waals surface area contributed by atoms with Gasteiger partial charge in [0.2, 0.25) is 5.91 Å². The summed E-state index contributed by atoms with van der Waals surface area (Å²) in [6.07, 6.45) is 2.30.